The third-order valence-corrected chi connectivity index (χ3v) is 2.28. The largest absolute Gasteiger partial charge is 0.440 e. The summed E-state index contributed by atoms with van der Waals surface area (Å²) in [5.41, 5.74) is 1.86. The molecule has 0 aliphatic carbocycles. The van der Waals surface area contributed by atoms with Gasteiger partial charge in [-0.2, -0.15) is 13.2 Å². The Bertz CT molecular complexity index is 401. The summed E-state index contributed by atoms with van der Waals surface area (Å²) in [6.45, 7) is 2.00. The molecule has 0 radical (unpaired) electrons. The van der Waals surface area contributed by atoms with E-state index in [0.717, 1.165) is 11.1 Å². The van der Waals surface area contributed by atoms with E-state index in [2.05, 4.69) is 10.1 Å². The topological polar surface area (TPSA) is 38.3 Å². The van der Waals surface area contributed by atoms with Gasteiger partial charge in [-0.25, -0.2) is 4.79 Å². The van der Waals surface area contributed by atoms with Gasteiger partial charge in [0.1, 0.15) is 0 Å². The van der Waals surface area contributed by atoms with Crippen molar-refractivity contribution in [2.75, 3.05) is 6.61 Å². The molecular weight excluding hydrogens is 247 g/mol. The molecule has 0 heterocycles. The molecular formula is C12H14F3NO2. The summed E-state index contributed by atoms with van der Waals surface area (Å²) in [4.78, 5) is 11.1. The van der Waals surface area contributed by atoms with E-state index in [1.54, 1.807) is 19.1 Å². The Labute approximate surface area is 103 Å². The highest BCUT2D eigenvalue weighted by Gasteiger charge is 2.29. The van der Waals surface area contributed by atoms with Gasteiger partial charge in [0.05, 0.1) is 6.04 Å². The van der Waals surface area contributed by atoms with Crippen LogP contribution in [0, 0.1) is 6.92 Å². The number of hydrogen-bond acceptors (Lipinski definition) is 2. The molecule has 1 rings (SSSR count). The van der Waals surface area contributed by atoms with Gasteiger partial charge in [-0.15, -0.1) is 0 Å². The molecule has 0 aliphatic rings. The van der Waals surface area contributed by atoms with E-state index < -0.39 is 24.9 Å². The summed E-state index contributed by atoms with van der Waals surface area (Å²) in [7, 11) is 0. The zero-order chi connectivity index (χ0) is 13.8. The first kappa shape index (κ1) is 14.3. The maximum Gasteiger partial charge on any atom is 0.422 e. The fourth-order valence-corrected chi connectivity index (χ4v) is 1.30. The van der Waals surface area contributed by atoms with E-state index in [4.69, 9.17) is 0 Å². The van der Waals surface area contributed by atoms with Crippen LogP contribution in [0.2, 0.25) is 0 Å². The minimum Gasteiger partial charge on any atom is -0.440 e. The highest BCUT2D eigenvalue weighted by atomic mass is 19.4. The predicted octanol–water partition coefficient (Wildman–Crippen LogP) is 3.34. The monoisotopic (exact) mass is 261 g/mol. The first-order valence-corrected chi connectivity index (χ1v) is 5.34. The molecule has 0 bridgehead atoms. The fourth-order valence-electron chi connectivity index (χ4n) is 1.30. The number of rotatable bonds is 3. The van der Waals surface area contributed by atoms with Gasteiger partial charge in [0, 0.05) is 0 Å². The second-order valence-electron chi connectivity index (χ2n) is 3.97. The lowest BCUT2D eigenvalue weighted by atomic mass is 10.1. The lowest BCUT2D eigenvalue weighted by Gasteiger charge is -2.15. The van der Waals surface area contributed by atoms with Crippen LogP contribution in [-0.4, -0.2) is 18.9 Å². The Kier molecular flexibility index (Phi) is 4.58. The molecule has 1 aromatic carbocycles. The summed E-state index contributed by atoms with van der Waals surface area (Å²) in [5, 5.41) is 2.33. The number of nitrogens with one attached hydrogen (secondary N) is 1. The van der Waals surface area contributed by atoms with Crippen LogP contribution in [0.1, 0.15) is 24.1 Å². The molecule has 1 unspecified atom stereocenters. The highest BCUT2D eigenvalue weighted by Crippen LogP contribution is 2.16. The number of alkyl halides is 3. The van der Waals surface area contributed by atoms with Crippen LogP contribution in [0.25, 0.3) is 0 Å². The Morgan fingerprint density at radius 3 is 2.39 bits per heavy atom. The quantitative estimate of drug-likeness (QED) is 0.906. The van der Waals surface area contributed by atoms with Crippen molar-refractivity contribution < 1.29 is 22.7 Å². The smallest absolute Gasteiger partial charge is 0.422 e. The Morgan fingerprint density at radius 2 is 1.89 bits per heavy atom. The summed E-state index contributed by atoms with van der Waals surface area (Å²) >= 11 is 0. The molecule has 3 nitrogen and oxygen atoms in total. The number of hydrogen-bond donors (Lipinski definition) is 1. The SMILES string of the molecule is Cc1ccc(C(C)NC(=O)OCC(F)(F)F)cc1. The van der Waals surface area contributed by atoms with Gasteiger partial charge < -0.3 is 10.1 Å². The number of amides is 1. The van der Waals surface area contributed by atoms with Crippen molar-refractivity contribution in [1.29, 1.82) is 0 Å². The van der Waals surface area contributed by atoms with Crippen LogP contribution < -0.4 is 5.32 Å². The van der Waals surface area contributed by atoms with E-state index >= 15 is 0 Å². The van der Waals surface area contributed by atoms with E-state index in [-0.39, 0.29) is 0 Å². The number of aryl methyl sites for hydroxylation is 1. The van der Waals surface area contributed by atoms with Gasteiger partial charge in [0.25, 0.3) is 0 Å². The Balaban J connectivity index is 2.47. The van der Waals surface area contributed by atoms with Gasteiger partial charge in [0.15, 0.2) is 6.61 Å². The molecule has 1 amide bonds. The van der Waals surface area contributed by atoms with Crippen LogP contribution in [0.3, 0.4) is 0 Å². The molecule has 0 aliphatic heterocycles. The first-order valence-electron chi connectivity index (χ1n) is 5.34. The van der Waals surface area contributed by atoms with Crippen molar-refractivity contribution >= 4 is 6.09 Å². The van der Waals surface area contributed by atoms with Crippen molar-refractivity contribution in [2.24, 2.45) is 0 Å². The zero-order valence-electron chi connectivity index (χ0n) is 10.0. The molecule has 0 saturated heterocycles. The molecule has 6 heteroatoms. The number of carbonyl (C=O) groups is 1. The molecule has 0 saturated carbocycles. The van der Waals surface area contributed by atoms with E-state index in [1.807, 2.05) is 19.1 Å². The van der Waals surface area contributed by atoms with E-state index in [9.17, 15) is 18.0 Å². The molecule has 1 aromatic rings. The van der Waals surface area contributed by atoms with E-state index in [0.29, 0.717) is 0 Å². The normalized spacial score (nSPS) is 12.9. The van der Waals surface area contributed by atoms with Crippen molar-refractivity contribution in [3.05, 3.63) is 35.4 Å². The molecule has 18 heavy (non-hydrogen) atoms. The Hall–Kier alpha value is -1.72. The molecule has 0 fully saturated rings. The molecule has 1 N–H and O–H groups in total. The summed E-state index contributed by atoms with van der Waals surface area (Å²) in [6, 6.07) is 6.89. The first-order chi connectivity index (χ1) is 8.28. The molecule has 0 spiro atoms. The predicted molar refractivity (Wildman–Crippen MR) is 60.1 cm³/mol. The number of carbonyl (C=O) groups excluding carboxylic acids is 1. The minimum absolute atomic E-state index is 0.411. The van der Waals surface area contributed by atoms with Crippen LogP contribution in [0.4, 0.5) is 18.0 Å². The fraction of sp³-hybridized carbons (Fsp3) is 0.417. The average molecular weight is 261 g/mol. The van der Waals surface area contributed by atoms with Crippen molar-refractivity contribution in [1.82, 2.24) is 5.32 Å². The van der Waals surface area contributed by atoms with Gasteiger partial charge in [-0.1, -0.05) is 29.8 Å². The summed E-state index contributed by atoms with van der Waals surface area (Å²) in [6.07, 6.45) is -5.59. The van der Waals surface area contributed by atoms with Crippen LogP contribution in [-0.2, 0) is 4.74 Å². The number of ether oxygens (including phenoxy) is 1. The minimum atomic E-state index is -4.51. The lowest BCUT2D eigenvalue weighted by Crippen LogP contribution is -2.30. The van der Waals surface area contributed by atoms with Crippen molar-refractivity contribution in [3.63, 3.8) is 0 Å². The van der Waals surface area contributed by atoms with Gasteiger partial charge in [-0.05, 0) is 19.4 Å². The lowest BCUT2D eigenvalue weighted by molar-refractivity contribution is -0.160. The van der Waals surface area contributed by atoms with Crippen LogP contribution >= 0.6 is 0 Å². The second kappa shape index (κ2) is 5.75. The number of alkyl carbamates (subject to hydrolysis) is 1. The summed E-state index contributed by atoms with van der Waals surface area (Å²) < 4.78 is 39.5. The maximum absolute atomic E-state index is 11.8. The third kappa shape index (κ3) is 5.07. The maximum atomic E-state index is 11.8. The third-order valence-electron chi connectivity index (χ3n) is 2.28. The van der Waals surface area contributed by atoms with Crippen LogP contribution in [0.5, 0.6) is 0 Å². The van der Waals surface area contributed by atoms with Gasteiger partial charge >= 0.3 is 12.3 Å². The highest BCUT2D eigenvalue weighted by molar-refractivity contribution is 5.67. The molecule has 0 aromatic heterocycles. The average Bonchev–Trinajstić information content (AvgIpc) is 2.26. The second-order valence-corrected chi connectivity index (χ2v) is 3.97. The molecule has 100 valence electrons. The zero-order valence-corrected chi connectivity index (χ0v) is 10.0. The van der Waals surface area contributed by atoms with Gasteiger partial charge in [0.2, 0.25) is 0 Å². The van der Waals surface area contributed by atoms with Gasteiger partial charge in [-0.3, -0.25) is 0 Å². The van der Waals surface area contributed by atoms with E-state index in [1.165, 1.54) is 0 Å². The van der Waals surface area contributed by atoms with Crippen molar-refractivity contribution in [2.45, 2.75) is 26.1 Å². The van der Waals surface area contributed by atoms with Crippen molar-refractivity contribution in [3.8, 4) is 0 Å². The summed E-state index contributed by atoms with van der Waals surface area (Å²) in [5.74, 6) is 0. The molecule has 1 atom stereocenters. The standard InChI is InChI=1S/C12H14F3NO2/c1-8-3-5-10(6-4-8)9(2)16-11(17)18-7-12(13,14)15/h3-6,9H,7H2,1-2H3,(H,16,17). The van der Waals surface area contributed by atoms with Crippen LogP contribution in [0.15, 0.2) is 24.3 Å². The number of benzene rings is 1. The number of halogens is 3. The Morgan fingerprint density at radius 1 is 1.33 bits per heavy atom.